The summed E-state index contributed by atoms with van der Waals surface area (Å²) in [6.07, 6.45) is 0.888. The van der Waals surface area contributed by atoms with Gasteiger partial charge in [0.2, 0.25) is 17.6 Å². The molecule has 2 heterocycles. The van der Waals surface area contributed by atoms with Crippen molar-refractivity contribution in [3.63, 3.8) is 0 Å². The zero-order chi connectivity index (χ0) is 19.0. The van der Waals surface area contributed by atoms with Gasteiger partial charge in [0.15, 0.2) is 0 Å². The van der Waals surface area contributed by atoms with Crippen molar-refractivity contribution in [1.29, 1.82) is 0 Å². The van der Waals surface area contributed by atoms with E-state index < -0.39 is 5.82 Å². The molecule has 2 aromatic carbocycles. The SMILES string of the molecule is Cc1ccc(-c2noc(C3CCC(=O)N3Cc3c(F)cccc3Cl)n2)cc1. The molecule has 0 bridgehead atoms. The van der Waals surface area contributed by atoms with Gasteiger partial charge in [-0.2, -0.15) is 4.98 Å². The lowest BCUT2D eigenvalue weighted by atomic mass is 10.1. The summed E-state index contributed by atoms with van der Waals surface area (Å²) in [4.78, 5) is 18.4. The first-order valence-corrected chi connectivity index (χ1v) is 9.04. The van der Waals surface area contributed by atoms with Crippen molar-refractivity contribution in [2.24, 2.45) is 0 Å². The third-order valence-corrected chi connectivity index (χ3v) is 5.11. The summed E-state index contributed by atoms with van der Waals surface area (Å²) in [5, 5.41) is 4.33. The van der Waals surface area contributed by atoms with E-state index in [1.54, 1.807) is 11.0 Å². The number of rotatable bonds is 4. The van der Waals surface area contributed by atoms with E-state index in [-0.39, 0.29) is 24.1 Å². The minimum atomic E-state index is -0.438. The zero-order valence-corrected chi connectivity index (χ0v) is 15.4. The molecule has 3 aromatic rings. The molecule has 4 rings (SSSR count). The van der Waals surface area contributed by atoms with Crippen molar-refractivity contribution in [2.45, 2.75) is 32.4 Å². The van der Waals surface area contributed by atoms with E-state index in [4.69, 9.17) is 16.1 Å². The van der Waals surface area contributed by atoms with E-state index in [0.29, 0.717) is 29.6 Å². The molecule has 1 fully saturated rings. The standard InChI is InChI=1S/C20H17ClFN3O2/c1-12-5-7-13(8-6-12)19-23-20(27-24-19)17-9-10-18(26)25(17)11-14-15(21)3-2-4-16(14)22/h2-8,17H,9-11H2,1H3. The van der Waals surface area contributed by atoms with Crippen LogP contribution in [0, 0.1) is 12.7 Å². The van der Waals surface area contributed by atoms with Crippen molar-refractivity contribution in [1.82, 2.24) is 15.0 Å². The Hall–Kier alpha value is -2.73. The molecule has 1 aromatic heterocycles. The van der Waals surface area contributed by atoms with Gasteiger partial charge in [0.25, 0.3) is 0 Å². The van der Waals surface area contributed by atoms with Crippen LogP contribution in [-0.2, 0) is 11.3 Å². The van der Waals surface area contributed by atoms with Crippen LogP contribution in [0.25, 0.3) is 11.4 Å². The highest BCUT2D eigenvalue weighted by Gasteiger charge is 2.36. The Bertz CT molecular complexity index is 967. The number of carbonyl (C=O) groups is 1. The molecule has 1 atom stereocenters. The second-order valence-electron chi connectivity index (χ2n) is 6.60. The van der Waals surface area contributed by atoms with Gasteiger partial charge in [-0.05, 0) is 25.5 Å². The van der Waals surface area contributed by atoms with Crippen LogP contribution < -0.4 is 0 Å². The van der Waals surface area contributed by atoms with Crippen molar-refractivity contribution >= 4 is 17.5 Å². The van der Waals surface area contributed by atoms with E-state index in [1.165, 1.54) is 12.1 Å². The Kier molecular flexibility index (Phi) is 4.66. The number of hydrogen-bond donors (Lipinski definition) is 0. The normalized spacial score (nSPS) is 16.9. The number of hydrogen-bond acceptors (Lipinski definition) is 4. The number of carbonyl (C=O) groups excluding carboxylic acids is 1. The van der Waals surface area contributed by atoms with Gasteiger partial charge in [-0.3, -0.25) is 4.79 Å². The van der Waals surface area contributed by atoms with Crippen LogP contribution in [0.1, 0.15) is 35.9 Å². The number of benzene rings is 2. The van der Waals surface area contributed by atoms with Gasteiger partial charge in [0.1, 0.15) is 11.9 Å². The van der Waals surface area contributed by atoms with Crippen molar-refractivity contribution in [2.75, 3.05) is 0 Å². The lowest BCUT2D eigenvalue weighted by Crippen LogP contribution is -2.28. The molecule has 0 saturated carbocycles. The molecule has 0 spiro atoms. The Morgan fingerprint density at radius 2 is 2.04 bits per heavy atom. The summed E-state index contributed by atoms with van der Waals surface area (Å²) in [6.45, 7) is 2.07. The predicted molar refractivity (Wildman–Crippen MR) is 98.4 cm³/mol. The third-order valence-electron chi connectivity index (χ3n) is 4.75. The number of likely N-dealkylation sites (tertiary alicyclic amines) is 1. The Morgan fingerprint density at radius 3 is 2.78 bits per heavy atom. The number of amides is 1. The second kappa shape index (κ2) is 7.12. The Balaban J connectivity index is 1.61. The first kappa shape index (κ1) is 17.7. The number of nitrogens with zero attached hydrogens (tertiary/aromatic N) is 3. The van der Waals surface area contributed by atoms with E-state index in [9.17, 15) is 9.18 Å². The lowest BCUT2D eigenvalue weighted by Gasteiger charge is -2.22. The summed E-state index contributed by atoms with van der Waals surface area (Å²) in [5.74, 6) is 0.290. The molecular formula is C20H17ClFN3O2. The monoisotopic (exact) mass is 385 g/mol. The first-order valence-electron chi connectivity index (χ1n) is 8.66. The molecule has 5 nitrogen and oxygen atoms in total. The average Bonchev–Trinajstić information content (AvgIpc) is 3.26. The maximum absolute atomic E-state index is 14.1. The summed E-state index contributed by atoms with van der Waals surface area (Å²) in [7, 11) is 0. The fourth-order valence-corrected chi connectivity index (χ4v) is 3.46. The molecule has 7 heteroatoms. The van der Waals surface area contributed by atoms with Crippen LogP contribution >= 0.6 is 11.6 Å². The summed E-state index contributed by atoms with van der Waals surface area (Å²) in [5.41, 5.74) is 2.26. The van der Waals surface area contributed by atoms with Crippen molar-refractivity contribution < 1.29 is 13.7 Å². The highest BCUT2D eigenvalue weighted by molar-refractivity contribution is 6.31. The Morgan fingerprint density at radius 1 is 1.26 bits per heavy atom. The lowest BCUT2D eigenvalue weighted by molar-refractivity contribution is -0.130. The van der Waals surface area contributed by atoms with Crippen LogP contribution in [0.3, 0.4) is 0 Å². The number of aromatic nitrogens is 2. The quantitative estimate of drug-likeness (QED) is 0.653. The van der Waals surface area contributed by atoms with E-state index in [0.717, 1.165) is 11.1 Å². The van der Waals surface area contributed by atoms with E-state index in [1.807, 2.05) is 31.2 Å². The minimum Gasteiger partial charge on any atom is -0.337 e. The maximum Gasteiger partial charge on any atom is 0.249 e. The minimum absolute atomic E-state index is 0.0667. The highest BCUT2D eigenvalue weighted by atomic mass is 35.5. The molecule has 0 N–H and O–H groups in total. The number of halogens is 2. The van der Waals surface area contributed by atoms with Gasteiger partial charge in [-0.15, -0.1) is 0 Å². The molecule has 1 unspecified atom stereocenters. The van der Waals surface area contributed by atoms with Crippen molar-refractivity contribution in [3.8, 4) is 11.4 Å². The van der Waals surface area contributed by atoms with Crippen LogP contribution in [0.2, 0.25) is 5.02 Å². The highest BCUT2D eigenvalue weighted by Crippen LogP contribution is 2.35. The van der Waals surface area contributed by atoms with Gasteiger partial charge >= 0.3 is 0 Å². The van der Waals surface area contributed by atoms with Gasteiger partial charge in [0.05, 0.1) is 6.54 Å². The van der Waals surface area contributed by atoms with E-state index >= 15 is 0 Å². The van der Waals surface area contributed by atoms with Gasteiger partial charge < -0.3 is 9.42 Å². The van der Waals surface area contributed by atoms with Gasteiger partial charge in [0, 0.05) is 22.6 Å². The van der Waals surface area contributed by atoms with E-state index in [2.05, 4.69) is 10.1 Å². The summed E-state index contributed by atoms with van der Waals surface area (Å²) >= 11 is 6.12. The summed E-state index contributed by atoms with van der Waals surface area (Å²) in [6, 6.07) is 11.9. The molecule has 0 aliphatic carbocycles. The van der Waals surface area contributed by atoms with Crippen molar-refractivity contribution in [3.05, 3.63) is 70.3 Å². The molecule has 138 valence electrons. The Labute approximate surface area is 160 Å². The topological polar surface area (TPSA) is 59.2 Å². The van der Waals surface area contributed by atoms with Gasteiger partial charge in [-0.25, -0.2) is 4.39 Å². The maximum atomic E-state index is 14.1. The molecule has 1 aliphatic heterocycles. The fraction of sp³-hybridized carbons (Fsp3) is 0.250. The average molecular weight is 386 g/mol. The van der Waals surface area contributed by atoms with Crippen LogP contribution in [0.4, 0.5) is 4.39 Å². The smallest absolute Gasteiger partial charge is 0.249 e. The molecule has 1 saturated heterocycles. The second-order valence-corrected chi connectivity index (χ2v) is 7.01. The zero-order valence-electron chi connectivity index (χ0n) is 14.7. The van der Waals surface area contributed by atoms with Crippen LogP contribution in [0.15, 0.2) is 47.0 Å². The molecular weight excluding hydrogens is 369 g/mol. The molecule has 1 aliphatic rings. The largest absolute Gasteiger partial charge is 0.337 e. The summed E-state index contributed by atoms with van der Waals surface area (Å²) < 4.78 is 19.6. The van der Waals surface area contributed by atoms with Crippen LogP contribution in [-0.4, -0.2) is 20.9 Å². The molecule has 1 amide bonds. The van der Waals surface area contributed by atoms with Gasteiger partial charge in [-0.1, -0.05) is 52.7 Å². The van der Waals surface area contributed by atoms with Crippen LogP contribution in [0.5, 0.6) is 0 Å². The third kappa shape index (κ3) is 3.45. The molecule has 27 heavy (non-hydrogen) atoms. The molecule has 0 radical (unpaired) electrons. The first-order chi connectivity index (χ1) is 13.0. The predicted octanol–water partition coefficient (Wildman–Crippen LogP) is 4.70. The fourth-order valence-electron chi connectivity index (χ4n) is 3.23. The number of aryl methyl sites for hydroxylation is 1.